The molecule has 146 valence electrons. The van der Waals surface area contributed by atoms with Crippen molar-refractivity contribution in [2.24, 2.45) is 11.1 Å². The average Bonchev–Trinajstić information content (AvgIpc) is 2.75. The average molecular weight is 403 g/mol. The van der Waals surface area contributed by atoms with E-state index in [1.165, 1.54) is 4.90 Å². The number of halogens is 2. The van der Waals surface area contributed by atoms with Crippen LogP contribution in [0.15, 0.2) is 18.2 Å². The highest BCUT2D eigenvalue weighted by molar-refractivity contribution is 6.42. The van der Waals surface area contributed by atoms with Gasteiger partial charge in [0.1, 0.15) is 0 Å². The standard InChI is InChI=1S/C19H28Cl2N2O3/c1-19(2,3)17-11-23(18(24)25)10-13(16(26-17)5-4-8-22)12-6-7-14(20)15(21)9-12/h6-7,9,13,16-17H,4-5,8,10-11,22H2,1-3H3,(H,24,25)/t13-,16-,17-/m1/s1. The highest BCUT2D eigenvalue weighted by atomic mass is 35.5. The van der Waals surface area contributed by atoms with Crippen molar-refractivity contribution in [2.75, 3.05) is 19.6 Å². The third-order valence-electron chi connectivity index (χ3n) is 4.89. The number of carboxylic acid groups (broad SMARTS) is 1. The topological polar surface area (TPSA) is 75.8 Å². The van der Waals surface area contributed by atoms with E-state index in [0.717, 1.165) is 18.4 Å². The molecule has 3 atom stereocenters. The number of amides is 1. The summed E-state index contributed by atoms with van der Waals surface area (Å²) >= 11 is 12.3. The molecule has 1 amide bonds. The Kier molecular flexibility index (Phi) is 7.19. The van der Waals surface area contributed by atoms with Crippen LogP contribution in [0.3, 0.4) is 0 Å². The van der Waals surface area contributed by atoms with E-state index in [0.29, 0.717) is 29.7 Å². The Labute approximate surface area is 165 Å². The molecule has 3 N–H and O–H groups in total. The highest BCUT2D eigenvalue weighted by Crippen LogP contribution is 2.36. The van der Waals surface area contributed by atoms with E-state index in [4.69, 9.17) is 33.7 Å². The van der Waals surface area contributed by atoms with Gasteiger partial charge in [-0.2, -0.15) is 0 Å². The molecule has 0 aromatic heterocycles. The fourth-order valence-electron chi connectivity index (χ4n) is 3.26. The van der Waals surface area contributed by atoms with Crippen molar-refractivity contribution in [1.29, 1.82) is 0 Å². The van der Waals surface area contributed by atoms with Crippen LogP contribution in [-0.2, 0) is 4.74 Å². The molecule has 0 spiro atoms. The van der Waals surface area contributed by atoms with E-state index in [9.17, 15) is 9.90 Å². The van der Waals surface area contributed by atoms with Crippen LogP contribution in [-0.4, -0.2) is 47.9 Å². The van der Waals surface area contributed by atoms with Gasteiger partial charge in [-0.05, 0) is 42.5 Å². The SMILES string of the molecule is CC(C)(C)[C@H]1CN(C(=O)O)C[C@H](c2ccc(Cl)c(Cl)c2)[C@@H](CCCN)O1. The van der Waals surface area contributed by atoms with Gasteiger partial charge in [0.25, 0.3) is 0 Å². The minimum absolute atomic E-state index is 0.125. The van der Waals surface area contributed by atoms with Gasteiger partial charge in [-0.3, -0.25) is 0 Å². The monoisotopic (exact) mass is 402 g/mol. The van der Waals surface area contributed by atoms with Gasteiger partial charge < -0.3 is 20.5 Å². The summed E-state index contributed by atoms with van der Waals surface area (Å²) < 4.78 is 6.46. The van der Waals surface area contributed by atoms with E-state index < -0.39 is 6.09 Å². The number of ether oxygens (including phenoxy) is 1. The quantitative estimate of drug-likeness (QED) is 0.770. The van der Waals surface area contributed by atoms with Gasteiger partial charge in [0.05, 0.1) is 28.8 Å². The number of nitrogens with zero attached hydrogens (tertiary/aromatic N) is 1. The minimum Gasteiger partial charge on any atom is -0.465 e. The maximum atomic E-state index is 11.8. The summed E-state index contributed by atoms with van der Waals surface area (Å²) in [5.41, 5.74) is 6.46. The summed E-state index contributed by atoms with van der Waals surface area (Å²) in [5, 5.41) is 10.6. The minimum atomic E-state index is -0.938. The Hall–Kier alpha value is -1.01. The summed E-state index contributed by atoms with van der Waals surface area (Å²) in [5.74, 6) is -0.125. The Morgan fingerprint density at radius 2 is 2.00 bits per heavy atom. The molecule has 1 aliphatic heterocycles. The van der Waals surface area contributed by atoms with Gasteiger partial charge in [-0.1, -0.05) is 50.0 Å². The molecular formula is C19H28Cl2N2O3. The first-order valence-electron chi connectivity index (χ1n) is 8.91. The zero-order chi connectivity index (χ0) is 19.5. The second-order valence-corrected chi connectivity index (χ2v) is 8.74. The number of hydrogen-bond donors (Lipinski definition) is 2. The van der Waals surface area contributed by atoms with Crippen molar-refractivity contribution in [1.82, 2.24) is 4.90 Å². The lowest BCUT2D eigenvalue weighted by Gasteiger charge is -2.34. The van der Waals surface area contributed by atoms with Gasteiger partial charge >= 0.3 is 6.09 Å². The first-order chi connectivity index (χ1) is 12.1. The van der Waals surface area contributed by atoms with E-state index >= 15 is 0 Å². The molecule has 1 aromatic rings. The molecule has 1 heterocycles. The van der Waals surface area contributed by atoms with Crippen molar-refractivity contribution >= 4 is 29.3 Å². The molecule has 0 saturated carbocycles. The highest BCUT2D eigenvalue weighted by Gasteiger charge is 2.39. The predicted molar refractivity (Wildman–Crippen MR) is 105 cm³/mol. The third-order valence-corrected chi connectivity index (χ3v) is 5.63. The molecule has 7 heteroatoms. The molecule has 1 aliphatic rings. The Bertz CT molecular complexity index is 634. The molecule has 0 unspecified atom stereocenters. The number of rotatable bonds is 4. The van der Waals surface area contributed by atoms with E-state index in [-0.39, 0.29) is 23.5 Å². The molecule has 2 rings (SSSR count). The van der Waals surface area contributed by atoms with Gasteiger partial charge in [0.2, 0.25) is 0 Å². The van der Waals surface area contributed by atoms with Crippen LogP contribution in [0.1, 0.15) is 45.1 Å². The van der Waals surface area contributed by atoms with Crippen molar-refractivity contribution in [3.63, 3.8) is 0 Å². The molecule has 0 aliphatic carbocycles. The Morgan fingerprint density at radius 1 is 1.31 bits per heavy atom. The molecule has 0 bridgehead atoms. The Morgan fingerprint density at radius 3 is 2.54 bits per heavy atom. The summed E-state index contributed by atoms with van der Waals surface area (Å²) in [7, 11) is 0. The molecule has 5 nitrogen and oxygen atoms in total. The van der Waals surface area contributed by atoms with Crippen molar-refractivity contribution < 1.29 is 14.6 Å². The van der Waals surface area contributed by atoms with E-state index in [1.807, 2.05) is 12.1 Å². The smallest absolute Gasteiger partial charge is 0.407 e. The summed E-state index contributed by atoms with van der Waals surface area (Å²) in [6, 6.07) is 5.45. The van der Waals surface area contributed by atoms with Gasteiger partial charge in [-0.25, -0.2) is 4.79 Å². The third kappa shape index (κ3) is 5.26. The molecule has 26 heavy (non-hydrogen) atoms. The number of nitrogens with two attached hydrogens (primary N) is 1. The van der Waals surface area contributed by atoms with Gasteiger partial charge in [-0.15, -0.1) is 0 Å². The Balaban J connectivity index is 2.42. The summed E-state index contributed by atoms with van der Waals surface area (Å²) in [6.45, 7) is 7.47. The lowest BCUT2D eigenvalue weighted by Crippen LogP contribution is -2.42. The number of carbonyl (C=O) groups is 1. The molecule has 1 aromatic carbocycles. The van der Waals surface area contributed by atoms with Crippen LogP contribution in [0.2, 0.25) is 10.0 Å². The fourth-order valence-corrected chi connectivity index (χ4v) is 3.57. The number of benzene rings is 1. The van der Waals surface area contributed by atoms with Crippen molar-refractivity contribution in [2.45, 2.75) is 51.7 Å². The second kappa shape index (κ2) is 8.79. The fraction of sp³-hybridized carbons (Fsp3) is 0.632. The largest absolute Gasteiger partial charge is 0.465 e. The van der Waals surface area contributed by atoms with Crippen LogP contribution < -0.4 is 5.73 Å². The zero-order valence-corrected chi connectivity index (χ0v) is 17.1. The summed E-state index contributed by atoms with van der Waals surface area (Å²) in [4.78, 5) is 13.3. The molecule has 1 fully saturated rings. The lowest BCUT2D eigenvalue weighted by atomic mass is 9.88. The van der Waals surface area contributed by atoms with Crippen molar-refractivity contribution in [3.8, 4) is 0 Å². The van der Waals surface area contributed by atoms with E-state index in [1.54, 1.807) is 6.07 Å². The van der Waals surface area contributed by atoms with Crippen LogP contribution in [0.25, 0.3) is 0 Å². The number of hydrogen-bond acceptors (Lipinski definition) is 3. The van der Waals surface area contributed by atoms with Crippen LogP contribution >= 0.6 is 23.2 Å². The van der Waals surface area contributed by atoms with E-state index in [2.05, 4.69) is 20.8 Å². The van der Waals surface area contributed by atoms with Gasteiger partial charge in [0, 0.05) is 12.5 Å². The van der Waals surface area contributed by atoms with Crippen LogP contribution in [0, 0.1) is 5.41 Å². The first-order valence-corrected chi connectivity index (χ1v) is 9.67. The van der Waals surface area contributed by atoms with Gasteiger partial charge in [0.15, 0.2) is 0 Å². The predicted octanol–water partition coefficient (Wildman–Crippen LogP) is 4.61. The summed E-state index contributed by atoms with van der Waals surface area (Å²) in [6.07, 6.45) is 0.305. The van der Waals surface area contributed by atoms with Crippen LogP contribution in [0.5, 0.6) is 0 Å². The van der Waals surface area contributed by atoms with Crippen LogP contribution in [0.4, 0.5) is 4.79 Å². The molecular weight excluding hydrogens is 375 g/mol. The normalized spacial score (nSPS) is 24.4. The van der Waals surface area contributed by atoms with Crippen molar-refractivity contribution in [3.05, 3.63) is 33.8 Å². The first kappa shape index (κ1) is 21.3. The maximum absolute atomic E-state index is 11.8. The maximum Gasteiger partial charge on any atom is 0.407 e. The molecule has 1 saturated heterocycles. The second-order valence-electron chi connectivity index (χ2n) is 7.93. The lowest BCUT2D eigenvalue weighted by molar-refractivity contribution is -0.0689. The zero-order valence-electron chi connectivity index (χ0n) is 15.5. The molecule has 0 radical (unpaired) electrons.